The summed E-state index contributed by atoms with van der Waals surface area (Å²) in [5, 5.41) is 4.22. The van der Waals surface area contributed by atoms with Crippen LogP contribution < -0.4 is 5.73 Å². The van der Waals surface area contributed by atoms with Gasteiger partial charge in [-0.05, 0) is 31.5 Å². The Morgan fingerprint density at radius 2 is 2.07 bits per heavy atom. The third kappa shape index (κ3) is 1.37. The lowest BCUT2D eigenvalue weighted by Crippen LogP contribution is -1.99. The van der Waals surface area contributed by atoms with Gasteiger partial charge in [0.15, 0.2) is 0 Å². The summed E-state index contributed by atoms with van der Waals surface area (Å²) in [6.45, 7) is 4.02. The van der Waals surface area contributed by atoms with Crippen molar-refractivity contribution < 1.29 is 0 Å². The SMILES string of the molecule is Cc1cccc(-n2ncc(N)c2C)c1. The summed E-state index contributed by atoms with van der Waals surface area (Å²) in [4.78, 5) is 0. The molecule has 0 radical (unpaired) electrons. The maximum absolute atomic E-state index is 5.73. The summed E-state index contributed by atoms with van der Waals surface area (Å²) >= 11 is 0. The number of nitrogen functional groups attached to an aromatic ring is 1. The van der Waals surface area contributed by atoms with Crippen LogP contribution in [0.15, 0.2) is 30.5 Å². The fraction of sp³-hybridized carbons (Fsp3) is 0.182. The Labute approximate surface area is 83.2 Å². The summed E-state index contributed by atoms with van der Waals surface area (Å²) in [5.41, 5.74) is 9.72. The van der Waals surface area contributed by atoms with Crippen molar-refractivity contribution in [3.8, 4) is 5.69 Å². The van der Waals surface area contributed by atoms with E-state index in [0.717, 1.165) is 17.1 Å². The Balaban J connectivity index is 2.55. The van der Waals surface area contributed by atoms with E-state index in [4.69, 9.17) is 5.73 Å². The van der Waals surface area contributed by atoms with E-state index in [-0.39, 0.29) is 0 Å². The Bertz CT molecular complexity index is 457. The minimum absolute atomic E-state index is 0.728. The van der Waals surface area contributed by atoms with E-state index in [9.17, 15) is 0 Å². The second-order valence-electron chi connectivity index (χ2n) is 3.44. The van der Waals surface area contributed by atoms with Crippen LogP contribution in [0.2, 0.25) is 0 Å². The highest BCUT2D eigenvalue weighted by atomic mass is 15.3. The monoisotopic (exact) mass is 187 g/mol. The highest BCUT2D eigenvalue weighted by molar-refractivity contribution is 5.45. The van der Waals surface area contributed by atoms with Gasteiger partial charge >= 0.3 is 0 Å². The third-order valence-electron chi connectivity index (χ3n) is 2.29. The normalized spacial score (nSPS) is 10.4. The molecule has 3 nitrogen and oxygen atoms in total. The highest BCUT2D eigenvalue weighted by Crippen LogP contribution is 2.15. The number of aromatic nitrogens is 2. The Hall–Kier alpha value is -1.77. The van der Waals surface area contributed by atoms with Crippen molar-refractivity contribution in [1.82, 2.24) is 9.78 Å². The number of aryl methyl sites for hydroxylation is 1. The number of anilines is 1. The lowest BCUT2D eigenvalue weighted by atomic mass is 10.2. The van der Waals surface area contributed by atoms with Crippen molar-refractivity contribution in [3.63, 3.8) is 0 Å². The van der Waals surface area contributed by atoms with Crippen LogP contribution in [0, 0.1) is 13.8 Å². The first kappa shape index (κ1) is 8.81. The molecule has 2 aromatic rings. The minimum atomic E-state index is 0.728. The fourth-order valence-electron chi connectivity index (χ4n) is 1.44. The van der Waals surface area contributed by atoms with Crippen molar-refractivity contribution >= 4 is 5.69 Å². The summed E-state index contributed by atoms with van der Waals surface area (Å²) in [5.74, 6) is 0. The highest BCUT2D eigenvalue weighted by Gasteiger charge is 2.04. The molecular weight excluding hydrogens is 174 g/mol. The van der Waals surface area contributed by atoms with Crippen LogP contribution >= 0.6 is 0 Å². The van der Waals surface area contributed by atoms with E-state index < -0.39 is 0 Å². The molecule has 1 aromatic carbocycles. The summed E-state index contributed by atoms with van der Waals surface area (Å²) < 4.78 is 1.85. The number of nitrogens with zero attached hydrogens (tertiary/aromatic N) is 2. The maximum Gasteiger partial charge on any atom is 0.0734 e. The Morgan fingerprint density at radius 1 is 1.29 bits per heavy atom. The molecule has 2 N–H and O–H groups in total. The van der Waals surface area contributed by atoms with Gasteiger partial charge in [0.25, 0.3) is 0 Å². The van der Waals surface area contributed by atoms with Gasteiger partial charge < -0.3 is 5.73 Å². The first-order valence-electron chi connectivity index (χ1n) is 4.55. The molecule has 0 atom stereocenters. The molecule has 0 aliphatic rings. The van der Waals surface area contributed by atoms with E-state index in [1.807, 2.05) is 23.7 Å². The summed E-state index contributed by atoms with van der Waals surface area (Å²) in [6, 6.07) is 8.18. The van der Waals surface area contributed by atoms with Crippen molar-refractivity contribution in [1.29, 1.82) is 0 Å². The zero-order valence-electron chi connectivity index (χ0n) is 8.36. The molecule has 0 aliphatic carbocycles. The van der Waals surface area contributed by atoms with Crippen molar-refractivity contribution in [2.75, 3.05) is 5.73 Å². The average molecular weight is 187 g/mol. The van der Waals surface area contributed by atoms with Crippen LogP contribution in [0.1, 0.15) is 11.3 Å². The van der Waals surface area contributed by atoms with Crippen LogP contribution in [-0.2, 0) is 0 Å². The minimum Gasteiger partial charge on any atom is -0.396 e. The van der Waals surface area contributed by atoms with Gasteiger partial charge in [0.05, 0.1) is 23.3 Å². The first-order valence-corrected chi connectivity index (χ1v) is 4.55. The van der Waals surface area contributed by atoms with Crippen molar-refractivity contribution in [3.05, 3.63) is 41.7 Å². The lowest BCUT2D eigenvalue weighted by Gasteiger charge is -2.04. The van der Waals surface area contributed by atoms with Gasteiger partial charge in [-0.2, -0.15) is 5.10 Å². The Morgan fingerprint density at radius 3 is 2.64 bits per heavy atom. The standard InChI is InChI=1S/C11H13N3/c1-8-4-3-5-10(6-8)14-9(2)11(12)7-13-14/h3-7H,12H2,1-2H3. The molecule has 0 aliphatic heterocycles. The van der Waals surface area contributed by atoms with Crippen LogP contribution in [0.3, 0.4) is 0 Å². The predicted octanol–water partition coefficient (Wildman–Crippen LogP) is 2.07. The predicted molar refractivity (Wildman–Crippen MR) is 57.5 cm³/mol. The van der Waals surface area contributed by atoms with Crippen LogP contribution in [0.25, 0.3) is 5.69 Å². The molecule has 3 heteroatoms. The molecule has 0 amide bonds. The van der Waals surface area contributed by atoms with Gasteiger partial charge in [-0.25, -0.2) is 4.68 Å². The second kappa shape index (κ2) is 3.18. The number of hydrogen-bond donors (Lipinski definition) is 1. The molecule has 1 heterocycles. The van der Waals surface area contributed by atoms with E-state index in [2.05, 4.69) is 24.2 Å². The maximum atomic E-state index is 5.73. The van der Waals surface area contributed by atoms with Crippen LogP contribution in [0.5, 0.6) is 0 Å². The first-order chi connectivity index (χ1) is 6.68. The molecule has 2 rings (SSSR count). The number of nitrogens with two attached hydrogens (primary N) is 1. The number of hydrogen-bond acceptors (Lipinski definition) is 2. The van der Waals surface area contributed by atoms with Crippen LogP contribution in [0.4, 0.5) is 5.69 Å². The molecule has 0 unspecified atom stereocenters. The third-order valence-corrected chi connectivity index (χ3v) is 2.29. The van der Waals surface area contributed by atoms with Gasteiger partial charge in [0.2, 0.25) is 0 Å². The second-order valence-corrected chi connectivity index (χ2v) is 3.44. The average Bonchev–Trinajstić information content (AvgIpc) is 2.48. The van der Waals surface area contributed by atoms with Crippen LogP contribution in [-0.4, -0.2) is 9.78 Å². The smallest absolute Gasteiger partial charge is 0.0734 e. The molecule has 0 saturated carbocycles. The summed E-state index contributed by atoms with van der Waals surface area (Å²) in [6.07, 6.45) is 1.68. The molecular formula is C11H13N3. The van der Waals surface area contributed by atoms with Gasteiger partial charge in [-0.15, -0.1) is 0 Å². The molecule has 0 spiro atoms. The molecule has 72 valence electrons. The topological polar surface area (TPSA) is 43.8 Å². The molecule has 0 fully saturated rings. The van der Waals surface area contributed by atoms with Gasteiger partial charge in [0.1, 0.15) is 0 Å². The van der Waals surface area contributed by atoms with Gasteiger partial charge in [0, 0.05) is 0 Å². The summed E-state index contributed by atoms with van der Waals surface area (Å²) in [7, 11) is 0. The van der Waals surface area contributed by atoms with E-state index in [0.29, 0.717) is 0 Å². The van der Waals surface area contributed by atoms with Gasteiger partial charge in [-0.1, -0.05) is 12.1 Å². The fourth-order valence-corrected chi connectivity index (χ4v) is 1.44. The molecule has 1 aromatic heterocycles. The van der Waals surface area contributed by atoms with E-state index in [1.165, 1.54) is 5.56 Å². The zero-order chi connectivity index (χ0) is 10.1. The number of rotatable bonds is 1. The van der Waals surface area contributed by atoms with Crippen molar-refractivity contribution in [2.24, 2.45) is 0 Å². The van der Waals surface area contributed by atoms with E-state index in [1.54, 1.807) is 6.20 Å². The van der Waals surface area contributed by atoms with E-state index >= 15 is 0 Å². The number of benzene rings is 1. The zero-order valence-corrected chi connectivity index (χ0v) is 8.36. The van der Waals surface area contributed by atoms with Crippen molar-refractivity contribution in [2.45, 2.75) is 13.8 Å². The molecule has 0 bridgehead atoms. The van der Waals surface area contributed by atoms with Gasteiger partial charge in [-0.3, -0.25) is 0 Å². The quantitative estimate of drug-likeness (QED) is 0.742. The molecule has 14 heavy (non-hydrogen) atoms. The lowest BCUT2D eigenvalue weighted by molar-refractivity contribution is 0.846. The largest absolute Gasteiger partial charge is 0.396 e. The molecule has 0 saturated heterocycles. The Kier molecular flexibility index (Phi) is 2.00.